The van der Waals surface area contributed by atoms with E-state index >= 15 is 0 Å². The minimum absolute atomic E-state index is 0.139. The first-order valence-electron chi connectivity index (χ1n) is 12.0. The quantitative estimate of drug-likeness (QED) is 0.241. The third kappa shape index (κ3) is 12.2. The first-order chi connectivity index (χ1) is 14.5. The van der Waals surface area contributed by atoms with Gasteiger partial charge in [-0.1, -0.05) is 0 Å². The van der Waals surface area contributed by atoms with Crippen LogP contribution in [0.2, 0.25) is 12.1 Å². The molecule has 1 N–H and O–H groups in total. The Morgan fingerprint density at radius 2 is 0.833 bits per heavy atom. The molecule has 0 rings (SSSR count). The van der Waals surface area contributed by atoms with Gasteiger partial charge in [0.1, 0.15) is 0 Å². The van der Waals surface area contributed by atoms with E-state index in [1.54, 1.807) is 0 Å². The second kappa shape index (κ2) is 18.7. The van der Waals surface area contributed by atoms with Gasteiger partial charge in [0.2, 0.25) is 0 Å². The van der Waals surface area contributed by atoms with Crippen LogP contribution < -0.4 is 0 Å². The SMILES string of the molecule is CCO[SiH-](CCCN(CCO)CCC[SiH-](OCC)(OCC)OCC)(OCC)OCC. The molecule has 0 aliphatic heterocycles. The Morgan fingerprint density at radius 3 is 1.07 bits per heavy atom. The third-order valence-electron chi connectivity index (χ3n) is 5.00. The van der Waals surface area contributed by atoms with Crippen molar-refractivity contribution in [2.45, 2.75) is 66.5 Å². The topological polar surface area (TPSA) is 78.9 Å². The fourth-order valence-corrected chi connectivity index (χ4v) is 9.91. The van der Waals surface area contributed by atoms with Crippen molar-refractivity contribution in [1.29, 1.82) is 0 Å². The maximum atomic E-state index is 9.49. The molecule has 0 aromatic heterocycles. The molecule has 0 atom stereocenters. The van der Waals surface area contributed by atoms with Crippen molar-refractivity contribution in [3.8, 4) is 0 Å². The molecule has 0 bridgehead atoms. The Morgan fingerprint density at radius 1 is 0.533 bits per heavy atom. The van der Waals surface area contributed by atoms with Crippen molar-refractivity contribution in [2.24, 2.45) is 0 Å². The second-order valence-electron chi connectivity index (χ2n) is 7.16. The average Bonchev–Trinajstić information content (AvgIpc) is 2.69. The molecule has 0 spiro atoms. The average molecular weight is 472 g/mol. The van der Waals surface area contributed by atoms with Gasteiger partial charge in [0.05, 0.1) is 0 Å². The summed E-state index contributed by atoms with van der Waals surface area (Å²) in [6, 6.07) is 1.61. The Kier molecular flexibility index (Phi) is 18.7. The van der Waals surface area contributed by atoms with Gasteiger partial charge in [-0.3, -0.25) is 0 Å². The summed E-state index contributed by atoms with van der Waals surface area (Å²) in [6.45, 7) is 18.0. The first kappa shape index (κ1) is 30.1. The van der Waals surface area contributed by atoms with Crippen LogP contribution in [0.4, 0.5) is 0 Å². The number of rotatable bonds is 22. The molecule has 0 aliphatic carbocycles. The first-order valence-corrected chi connectivity index (χ1v) is 16.4. The van der Waals surface area contributed by atoms with Crippen LogP contribution in [-0.2, 0) is 26.6 Å². The van der Waals surface area contributed by atoms with E-state index < -0.39 is 17.6 Å². The van der Waals surface area contributed by atoms with E-state index in [1.165, 1.54) is 0 Å². The van der Waals surface area contributed by atoms with E-state index in [9.17, 15) is 5.11 Å². The summed E-state index contributed by atoms with van der Waals surface area (Å²) in [4.78, 5) is 2.28. The van der Waals surface area contributed by atoms with Crippen LogP contribution >= 0.6 is 0 Å². The summed E-state index contributed by atoms with van der Waals surface area (Å²) in [6.07, 6.45) is 1.83. The molecule has 186 valence electrons. The zero-order chi connectivity index (χ0) is 22.7. The zero-order valence-corrected chi connectivity index (χ0v) is 22.7. The Bertz CT molecular complexity index is 328. The van der Waals surface area contributed by atoms with E-state index in [0.717, 1.165) is 38.0 Å². The van der Waals surface area contributed by atoms with Gasteiger partial charge in [0.15, 0.2) is 0 Å². The number of aliphatic hydroxyl groups is 1. The fraction of sp³-hybridized carbons (Fsp3) is 1.00. The van der Waals surface area contributed by atoms with Gasteiger partial charge in [-0.05, 0) is 0 Å². The van der Waals surface area contributed by atoms with Crippen molar-refractivity contribution < 1.29 is 31.7 Å². The molecular formula is C20H49NO7Si2-2. The molecule has 0 saturated carbocycles. The summed E-state index contributed by atoms with van der Waals surface area (Å²) < 4.78 is 35.8. The fourth-order valence-electron chi connectivity index (χ4n) is 3.92. The Labute approximate surface area is 186 Å². The van der Waals surface area contributed by atoms with Gasteiger partial charge < -0.3 is 0 Å². The van der Waals surface area contributed by atoms with E-state index in [-0.39, 0.29) is 6.61 Å². The van der Waals surface area contributed by atoms with Crippen LogP contribution in [0, 0.1) is 0 Å². The molecule has 0 heterocycles. The molecule has 10 heteroatoms. The van der Waals surface area contributed by atoms with Gasteiger partial charge in [-0.2, -0.15) is 0 Å². The van der Waals surface area contributed by atoms with Crippen LogP contribution in [0.3, 0.4) is 0 Å². The van der Waals surface area contributed by atoms with Crippen molar-refractivity contribution in [1.82, 2.24) is 4.90 Å². The summed E-state index contributed by atoms with van der Waals surface area (Å²) in [5, 5.41) is 9.49. The van der Waals surface area contributed by atoms with Gasteiger partial charge >= 0.3 is 187 Å². The van der Waals surface area contributed by atoms with E-state index in [0.29, 0.717) is 46.2 Å². The standard InChI is InChI=1S/C20H49NO7Si2/c1-7-23-29(24-8-2,25-9-3)19-13-15-21(17-18-22)16-14-20-30(26-10-4,27-11-5)28-12-6/h22,29-30H,7-20H2,1-6H3/q-2. The molecule has 0 aromatic rings. The number of aliphatic hydroxyl groups excluding tert-OH is 1. The maximum absolute atomic E-state index is 9.49. The van der Waals surface area contributed by atoms with E-state index in [1.807, 2.05) is 41.5 Å². The Hall–Kier alpha value is 0.114. The van der Waals surface area contributed by atoms with Gasteiger partial charge in [0, 0.05) is 0 Å². The third-order valence-corrected chi connectivity index (χ3v) is 12.3. The van der Waals surface area contributed by atoms with Crippen molar-refractivity contribution >= 4 is 17.6 Å². The molecule has 0 aromatic carbocycles. The number of hydrogen-bond acceptors (Lipinski definition) is 8. The molecule has 0 aliphatic rings. The molecule has 0 saturated heterocycles. The van der Waals surface area contributed by atoms with Gasteiger partial charge in [0.25, 0.3) is 0 Å². The van der Waals surface area contributed by atoms with Crippen LogP contribution in [0.1, 0.15) is 54.4 Å². The van der Waals surface area contributed by atoms with Crippen LogP contribution in [-0.4, -0.2) is 93.5 Å². The number of nitrogens with zero attached hydrogens (tertiary/aromatic N) is 1. The van der Waals surface area contributed by atoms with Gasteiger partial charge in [-0.25, -0.2) is 0 Å². The van der Waals surface area contributed by atoms with Crippen molar-refractivity contribution in [2.75, 3.05) is 65.9 Å². The van der Waals surface area contributed by atoms with E-state index in [2.05, 4.69) is 4.90 Å². The number of hydrogen-bond donors (Lipinski definition) is 1. The van der Waals surface area contributed by atoms with Crippen molar-refractivity contribution in [3.63, 3.8) is 0 Å². The zero-order valence-electron chi connectivity index (χ0n) is 20.4. The monoisotopic (exact) mass is 471 g/mol. The Balaban J connectivity index is 4.77. The predicted molar refractivity (Wildman–Crippen MR) is 126 cm³/mol. The minimum atomic E-state index is -2.95. The molecular weight excluding hydrogens is 422 g/mol. The molecule has 0 radical (unpaired) electrons. The predicted octanol–water partition coefficient (Wildman–Crippen LogP) is 2.62. The summed E-state index contributed by atoms with van der Waals surface area (Å²) in [5.41, 5.74) is 0. The van der Waals surface area contributed by atoms with Crippen LogP contribution in [0.5, 0.6) is 0 Å². The molecule has 8 nitrogen and oxygen atoms in total. The normalized spacial score (nSPS) is 13.9. The molecule has 0 fully saturated rings. The molecule has 0 amide bonds. The second-order valence-corrected chi connectivity index (χ2v) is 13.5. The molecule has 30 heavy (non-hydrogen) atoms. The summed E-state index contributed by atoms with van der Waals surface area (Å²) in [7, 11) is -5.89. The van der Waals surface area contributed by atoms with E-state index in [4.69, 9.17) is 26.6 Å². The summed E-state index contributed by atoms with van der Waals surface area (Å²) in [5.74, 6) is 0. The van der Waals surface area contributed by atoms with Crippen LogP contribution in [0.25, 0.3) is 0 Å². The molecule has 0 unspecified atom stereocenters. The van der Waals surface area contributed by atoms with Crippen molar-refractivity contribution in [3.05, 3.63) is 0 Å². The summed E-state index contributed by atoms with van der Waals surface area (Å²) >= 11 is 0. The van der Waals surface area contributed by atoms with Gasteiger partial charge in [-0.15, -0.1) is 0 Å². The van der Waals surface area contributed by atoms with Crippen LogP contribution in [0.15, 0.2) is 0 Å².